The van der Waals surface area contributed by atoms with Crippen molar-refractivity contribution in [2.75, 3.05) is 12.4 Å². The first kappa shape index (κ1) is 10.6. The maximum absolute atomic E-state index is 11.4. The predicted octanol–water partition coefficient (Wildman–Crippen LogP) is 1.83. The van der Waals surface area contributed by atoms with Gasteiger partial charge < -0.3 is 10.6 Å². The van der Waals surface area contributed by atoms with Crippen molar-refractivity contribution < 1.29 is 9.59 Å². The van der Waals surface area contributed by atoms with Crippen molar-refractivity contribution in [3.8, 4) is 0 Å². The number of hydrogen-bond donors (Lipinski definition) is 2. The van der Waals surface area contributed by atoms with Gasteiger partial charge in [-0.25, -0.2) is 0 Å². The highest BCUT2D eigenvalue weighted by atomic mass is 32.1. The number of nitrogens with one attached hydrogen (secondary N) is 2. The van der Waals surface area contributed by atoms with Gasteiger partial charge in [-0.15, -0.1) is 11.3 Å². The smallest absolute Gasteiger partial charge is 0.261 e. The maximum atomic E-state index is 11.4. The molecule has 0 spiro atoms. The van der Waals surface area contributed by atoms with Gasteiger partial charge >= 0.3 is 0 Å². The van der Waals surface area contributed by atoms with Gasteiger partial charge in [-0.2, -0.15) is 0 Å². The molecule has 0 radical (unpaired) electrons. The number of rotatable bonds is 3. The van der Waals surface area contributed by atoms with Crippen molar-refractivity contribution in [3.63, 3.8) is 0 Å². The molecule has 2 amide bonds. The van der Waals surface area contributed by atoms with Crippen molar-refractivity contribution in [1.29, 1.82) is 0 Å². The number of benzene rings is 1. The van der Waals surface area contributed by atoms with Crippen LogP contribution >= 0.6 is 11.3 Å². The average Bonchev–Trinajstić information content (AvgIpc) is 2.71. The Morgan fingerprint density at radius 2 is 2.19 bits per heavy atom. The zero-order valence-electron chi connectivity index (χ0n) is 8.61. The Bertz CT molecular complexity index is 548. The van der Waals surface area contributed by atoms with Gasteiger partial charge in [0, 0.05) is 17.4 Å². The fourth-order valence-corrected chi connectivity index (χ4v) is 2.43. The molecular formula is C11H10N2O2S. The summed E-state index contributed by atoms with van der Waals surface area (Å²) < 4.78 is 1.02. The van der Waals surface area contributed by atoms with Crippen LogP contribution in [0.5, 0.6) is 0 Å². The molecule has 0 fully saturated rings. The second-order valence-electron chi connectivity index (χ2n) is 3.20. The standard InChI is InChI=1S/C11H10N2O2S/c1-12-11(15)10-5-7-4-8(13-6-14)2-3-9(7)16-10/h2-6H,1H3,(H,12,15)(H,13,14). The molecular weight excluding hydrogens is 224 g/mol. The second kappa shape index (κ2) is 4.32. The predicted molar refractivity (Wildman–Crippen MR) is 64.9 cm³/mol. The first-order valence-electron chi connectivity index (χ1n) is 4.70. The molecule has 0 atom stereocenters. The van der Waals surface area contributed by atoms with Gasteiger partial charge in [-0.1, -0.05) is 0 Å². The molecule has 2 N–H and O–H groups in total. The van der Waals surface area contributed by atoms with Crippen LogP contribution in [0.4, 0.5) is 5.69 Å². The highest BCUT2D eigenvalue weighted by Gasteiger charge is 2.08. The zero-order chi connectivity index (χ0) is 11.5. The van der Waals surface area contributed by atoms with Gasteiger partial charge in [0.1, 0.15) is 0 Å². The molecule has 0 unspecified atom stereocenters. The quantitative estimate of drug-likeness (QED) is 0.796. The molecule has 0 aliphatic heterocycles. The third-order valence-corrected chi connectivity index (χ3v) is 3.31. The van der Waals surface area contributed by atoms with E-state index in [0.29, 0.717) is 11.3 Å². The number of hydrogen-bond acceptors (Lipinski definition) is 3. The minimum Gasteiger partial charge on any atom is -0.354 e. The summed E-state index contributed by atoms with van der Waals surface area (Å²) >= 11 is 1.43. The summed E-state index contributed by atoms with van der Waals surface area (Å²) in [5.41, 5.74) is 0.726. The van der Waals surface area contributed by atoms with Gasteiger partial charge in [0.05, 0.1) is 4.88 Å². The van der Waals surface area contributed by atoms with Crippen LogP contribution < -0.4 is 10.6 Å². The van der Waals surface area contributed by atoms with E-state index in [0.717, 1.165) is 15.8 Å². The Morgan fingerprint density at radius 1 is 1.38 bits per heavy atom. The normalized spacial score (nSPS) is 10.1. The highest BCUT2D eigenvalue weighted by molar-refractivity contribution is 7.20. The molecule has 0 bridgehead atoms. The highest BCUT2D eigenvalue weighted by Crippen LogP contribution is 2.27. The molecule has 5 heteroatoms. The van der Waals surface area contributed by atoms with Gasteiger partial charge in [-0.3, -0.25) is 9.59 Å². The Hall–Kier alpha value is -1.88. The van der Waals surface area contributed by atoms with Crippen molar-refractivity contribution in [1.82, 2.24) is 5.32 Å². The van der Waals surface area contributed by atoms with Gasteiger partial charge in [0.2, 0.25) is 6.41 Å². The van der Waals surface area contributed by atoms with Crippen LogP contribution in [0.2, 0.25) is 0 Å². The van der Waals surface area contributed by atoms with Crippen LogP contribution in [0, 0.1) is 0 Å². The fraction of sp³-hybridized carbons (Fsp3) is 0.0909. The van der Waals surface area contributed by atoms with Gasteiger partial charge in [-0.05, 0) is 29.7 Å². The van der Waals surface area contributed by atoms with Crippen LogP contribution in [-0.2, 0) is 4.79 Å². The lowest BCUT2D eigenvalue weighted by atomic mass is 10.2. The summed E-state index contributed by atoms with van der Waals surface area (Å²) in [6.45, 7) is 0. The number of amides is 2. The van der Waals surface area contributed by atoms with E-state index in [1.807, 2.05) is 18.2 Å². The average molecular weight is 234 g/mol. The zero-order valence-corrected chi connectivity index (χ0v) is 9.43. The van der Waals surface area contributed by atoms with E-state index in [2.05, 4.69) is 10.6 Å². The van der Waals surface area contributed by atoms with E-state index >= 15 is 0 Å². The Labute approximate surface area is 96.3 Å². The summed E-state index contributed by atoms with van der Waals surface area (Å²) in [5, 5.41) is 6.11. The molecule has 0 saturated carbocycles. The lowest BCUT2D eigenvalue weighted by Crippen LogP contribution is -2.15. The van der Waals surface area contributed by atoms with Crippen molar-refractivity contribution in [2.45, 2.75) is 0 Å². The third-order valence-electron chi connectivity index (χ3n) is 2.19. The summed E-state index contributed by atoms with van der Waals surface area (Å²) in [6.07, 6.45) is 0.632. The third kappa shape index (κ3) is 1.90. The lowest BCUT2D eigenvalue weighted by molar-refractivity contribution is -0.105. The Balaban J connectivity index is 2.45. The van der Waals surface area contributed by atoms with Crippen LogP contribution in [0.15, 0.2) is 24.3 Å². The Kier molecular flexibility index (Phi) is 2.87. The molecule has 2 rings (SSSR count). The van der Waals surface area contributed by atoms with Crippen LogP contribution in [0.25, 0.3) is 10.1 Å². The minimum absolute atomic E-state index is 0.0916. The molecule has 1 aromatic carbocycles. The monoisotopic (exact) mass is 234 g/mol. The molecule has 1 aromatic heterocycles. The van der Waals surface area contributed by atoms with Crippen LogP contribution in [0.1, 0.15) is 9.67 Å². The lowest BCUT2D eigenvalue weighted by Gasteiger charge is -1.96. The second-order valence-corrected chi connectivity index (χ2v) is 4.29. The van der Waals surface area contributed by atoms with Crippen LogP contribution in [-0.4, -0.2) is 19.4 Å². The maximum Gasteiger partial charge on any atom is 0.261 e. The number of carbonyl (C=O) groups excluding carboxylic acids is 2. The molecule has 0 saturated heterocycles. The first-order valence-corrected chi connectivity index (χ1v) is 5.52. The summed E-state index contributed by atoms with van der Waals surface area (Å²) in [4.78, 5) is 22.4. The summed E-state index contributed by atoms with van der Waals surface area (Å²) in [5.74, 6) is -0.0916. The number of thiophene rings is 1. The van der Waals surface area contributed by atoms with Crippen LogP contribution in [0.3, 0.4) is 0 Å². The number of carbonyl (C=O) groups is 2. The Morgan fingerprint density at radius 3 is 2.88 bits per heavy atom. The van der Waals surface area contributed by atoms with Gasteiger partial charge in [0.25, 0.3) is 5.91 Å². The molecule has 4 nitrogen and oxygen atoms in total. The fourth-order valence-electron chi connectivity index (χ4n) is 1.44. The topological polar surface area (TPSA) is 58.2 Å². The van der Waals surface area contributed by atoms with E-state index in [4.69, 9.17) is 0 Å². The molecule has 0 aliphatic rings. The van der Waals surface area contributed by atoms with Gasteiger partial charge in [0.15, 0.2) is 0 Å². The minimum atomic E-state index is -0.0916. The molecule has 2 aromatic rings. The number of fused-ring (bicyclic) bond motifs is 1. The first-order chi connectivity index (χ1) is 7.74. The molecule has 0 aliphatic carbocycles. The number of anilines is 1. The largest absolute Gasteiger partial charge is 0.354 e. The van der Waals surface area contributed by atoms with Crippen molar-refractivity contribution in [3.05, 3.63) is 29.1 Å². The summed E-state index contributed by atoms with van der Waals surface area (Å²) in [7, 11) is 1.60. The van der Waals surface area contributed by atoms with Crippen molar-refractivity contribution >= 4 is 39.4 Å². The van der Waals surface area contributed by atoms with E-state index in [1.165, 1.54) is 11.3 Å². The van der Waals surface area contributed by atoms with E-state index in [-0.39, 0.29) is 5.91 Å². The molecule has 16 heavy (non-hydrogen) atoms. The molecule has 82 valence electrons. The van der Waals surface area contributed by atoms with E-state index in [1.54, 1.807) is 13.1 Å². The van der Waals surface area contributed by atoms with Crippen molar-refractivity contribution in [2.24, 2.45) is 0 Å². The van der Waals surface area contributed by atoms with E-state index in [9.17, 15) is 9.59 Å². The summed E-state index contributed by atoms with van der Waals surface area (Å²) in [6, 6.07) is 7.35. The molecule has 1 heterocycles. The SMILES string of the molecule is CNC(=O)c1cc2cc(NC=O)ccc2s1. The van der Waals surface area contributed by atoms with E-state index < -0.39 is 0 Å².